The van der Waals surface area contributed by atoms with Crippen LogP contribution in [-0.4, -0.2) is 46.5 Å². The monoisotopic (exact) mass is 336 g/mol. The smallest absolute Gasteiger partial charge is 0.242 e. The highest BCUT2D eigenvalue weighted by molar-refractivity contribution is 5.87. The number of likely N-dealkylation sites (tertiary alicyclic amines) is 1. The molecule has 1 saturated heterocycles. The van der Waals surface area contributed by atoms with Crippen molar-refractivity contribution in [3.8, 4) is 0 Å². The van der Waals surface area contributed by atoms with Gasteiger partial charge in [-0.25, -0.2) is 0 Å². The van der Waals surface area contributed by atoms with E-state index in [4.69, 9.17) is 4.52 Å². The largest absolute Gasteiger partial charge is 0.357 e. The maximum Gasteiger partial charge on any atom is 0.242 e. The average Bonchev–Trinajstić information content (AvgIpc) is 3.03. The number of amides is 2. The first-order valence-electron chi connectivity index (χ1n) is 8.67. The van der Waals surface area contributed by atoms with Gasteiger partial charge >= 0.3 is 0 Å². The molecule has 0 aromatic carbocycles. The SMILES string of the molecule is CNC(=O)[C@@H]1CCCCN1C(=O)CCCc1nc(C(C)(C)C)no1. The first-order chi connectivity index (χ1) is 11.3. The summed E-state index contributed by atoms with van der Waals surface area (Å²) in [7, 11) is 1.61. The molecule has 1 atom stereocenters. The molecule has 1 aliphatic rings. The van der Waals surface area contributed by atoms with Crippen molar-refractivity contribution in [2.75, 3.05) is 13.6 Å². The minimum Gasteiger partial charge on any atom is -0.357 e. The Kier molecular flexibility index (Phi) is 5.96. The molecule has 0 unspecified atom stereocenters. The number of hydrogen-bond acceptors (Lipinski definition) is 5. The highest BCUT2D eigenvalue weighted by Gasteiger charge is 2.31. The lowest BCUT2D eigenvalue weighted by Crippen LogP contribution is -2.51. The lowest BCUT2D eigenvalue weighted by atomic mass is 9.96. The van der Waals surface area contributed by atoms with Gasteiger partial charge in [-0.2, -0.15) is 4.98 Å². The minimum atomic E-state index is -0.327. The number of nitrogens with zero attached hydrogens (tertiary/aromatic N) is 3. The lowest BCUT2D eigenvalue weighted by molar-refractivity contribution is -0.142. The van der Waals surface area contributed by atoms with Crippen molar-refractivity contribution in [2.24, 2.45) is 0 Å². The van der Waals surface area contributed by atoms with Gasteiger partial charge in [0.15, 0.2) is 5.82 Å². The molecule has 1 aromatic heterocycles. The van der Waals surface area contributed by atoms with E-state index < -0.39 is 0 Å². The molecule has 7 heteroatoms. The van der Waals surface area contributed by atoms with Crippen LogP contribution in [0.15, 0.2) is 4.52 Å². The zero-order valence-electron chi connectivity index (χ0n) is 15.1. The molecule has 0 bridgehead atoms. The van der Waals surface area contributed by atoms with Gasteiger partial charge in [0.2, 0.25) is 17.7 Å². The summed E-state index contributed by atoms with van der Waals surface area (Å²) in [6, 6.07) is -0.327. The van der Waals surface area contributed by atoms with Crippen LogP contribution in [0.1, 0.15) is 64.6 Å². The summed E-state index contributed by atoms with van der Waals surface area (Å²) < 4.78 is 5.25. The molecule has 1 fully saturated rings. The standard InChI is InChI=1S/C17H28N4O3/c1-17(2,3)16-19-13(24-20-16)9-7-10-14(22)21-11-6-5-8-12(21)15(23)18-4/h12H,5-11H2,1-4H3,(H,18,23)/t12-/m0/s1. The normalized spacial score (nSPS) is 18.5. The molecule has 1 N–H and O–H groups in total. The van der Waals surface area contributed by atoms with Crippen LogP contribution in [0.4, 0.5) is 0 Å². The number of rotatable bonds is 5. The Morgan fingerprint density at radius 2 is 2.08 bits per heavy atom. The second-order valence-electron chi connectivity index (χ2n) is 7.33. The summed E-state index contributed by atoms with van der Waals surface area (Å²) in [5, 5.41) is 6.64. The molecule has 1 aromatic rings. The molecule has 0 aliphatic carbocycles. The maximum atomic E-state index is 12.5. The average molecular weight is 336 g/mol. The number of aromatic nitrogens is 2. The van der Waals surface area contributed by atoms with Gasteiger partial charge in [-0.3, -0.25) is 9.59 Å². The van der Waals surface area contributed by atoms with E-state index in [1.54, 1.807) is 11.9 Å². The van der Waals surface area contributed by atoms with E-state index in [1.165, 1.54) is 0 Å². The van der Waals surface area contributed by atoms with E-state index in [2.05, 4.69) is 15.5 Å². The minimum absolute atomic E-state index is 0.0267. The van der Waals surface area contributed by atoms with Crippen molar-refractivity contribution in [2.45, 2.75) is 70.8 Å². The van der Waals surface area contributed by atoms with Gasteiger partial charge in [-0.15, -0.1) is 0 Å². The Balaban J connectivity index is 1.86. The molecule has 134 valence electrons. The number of hydrogen-bond donors (Lipinski definition) is 1. The Labute approximate surface area is 143 Å². The molecule has 2 amide bonds. The third-order valence-corrected chi connectivity index (χ3v) is 4.29. The van der Waals surface area contributed by atoms with Crippen molar-refractivity contribution < 1.29 is 14.1 Å². The van der Waals surface area contributed by atoms with Crippen LogP contribution >= 0.6 is 0 Å². The zero-order chi connectivity index (χ0) is 17.7. The van der Waals surface area contributed by atoms with E-state index in [0.717, 1.165) is 19.3 Å². The fraction of sp³-hybridized carbons (Fsp3) is 0.765. The molecule has 2 rings (SSSR count). The molecule has 1 aliphatic heterocycles. The lowest BCUT2D eigenvalue weighted by Gasteiger charge is -2.34. The maximum absolute atomic E-state index is 12.5. The fourth-order valence-electron chi connectivity index (χ4n) is 2.86. The predicted molar refractivity (Wildman–Crippen MR) is 89.4 cm³/mol. The number of piperidine rings is 1. The van der Waals surface area contributed by atoms with E-state index in [0.29, 0.717) is 37.5 Å². The summed E-state index contributed by atoms with van der Waals surface area (Å²) in [4.78, 5) is 30.5. The van der Waals surface area contributed by atoms with Gasteiger partial charge in [0, 0.05) is 31.8 Å². The van der Waals surface area contributed by atoms with Gasteiger partial charge < -0.3 is 14.7 Å². The number of nitrogens with one attached hydrogen (secondary N) is 1. The quantitative estimate of drug-likeness (QED) is 0.886. The van der Waals surface area contributed by atoms with Gasteiger partial charge in [0.05, 0.1) is 0 Å². The number of aryl methyl sites for hydroxylation is 1. The van der Waals surface area contributed by atoms with Crippen molar-refractivity contribution in [3.63, 3.8) is 0 Å². The Morgan fingerprint density at radius 3 is 2.71 bits per heavy atom. The third kappa shape index (κ3) is 4.55. The highest BCUT2D eigenvalue weighted by Crippen LogP contribution is 2.20. The second kappa shape index (κ2) is 7.77. The van der Waals surface area contributed by atoms with Crippen molar-refractivity contribution in [3.05, 3.63) is 11.7 Å². The second-order valence-corrected chi connectivity index (χ2v) is 7.33. The van der Waals surface area contributed by atoms with Crippen molar-refractivity contribution >= 4 is 11.8 Å². The molecule has 0 saturated carbocycles. The Bertz CT molecular complexity index is 577. The summed E-state index contributed by atoms with van der Waals surface area (Å²) in [5.74, 6) is 1.20. The van der Waals surface area contributed by atoms with Crippen LogP contribution in [0.2, 0.25) is 0 Å². The van der Waals surface area contributed by atoms with Crippen LogP contribution in [0.25, 0.3) is 0 Å². The molecular formula is C17H28N4O3. The van der Waals surface area contributed by atoms with Crippen LogP contribution < -0.4 is 5.32 Å². The molecule has 2 heterocycles. The van der Waals surface area contributed by atoms with E-state index in [9.17, 15) is 9.59 Å². The van der Waals surface area contributed by atoms with Gasteiger partial charge in [-0.05, 0) is 25.7 Å². The Hall–Kier alpha value is -1.92. The fourth-order valence-corrected chi connectivity index (χ4v) is 2.86. The van der Waals surface area contributed by atoms with E-state index in [-0.39, 0.29) is 23.3 Å². The van der Waals surface area contributed by atoms with Crippen molar-refractivity contribution in [1.29, 1.82) is 0 Å². The number of carbonyl (C=O) groups excluding carboxylic acids is 2. The highest BCUT2D eigenvalue weighted by atomic mass is 16.5. The molecule has 7 nitrogen and oxygen atoms in total. The van der Waals surface area contributed by atoms with Crippen LogP contribution in [0, 0.1) is 0 Å². The first kappa shape index (κ1) is 18.4. The van der Waals surface area contributed by atoms with Crippen LogP contribution in [0.5, 0.6) is 0 Å². The topological polar surface area (TPSA) is 88.3 Å². The summed E-state index contributed by atoms with van der Waals surface area (Å²) >= 11 is 0. The van der Waals surface area contributed by atoms with Gasteiger partial charge in [-0.1, -0.05) is 25.9 Å². The van der Waals surface area contributed by atoms with Gasteiger partial charge in [0.1, 0.15) is 6.04 Å². The summed E-state index contributed by atoms with van der Waals surface area (Å²) in [6.07, 6.45) is 4.29. The van der Waals surface area contributed by atoms with Crippen LogP contribution in [-0.2, 0) is 21.4 Å². The summed E-state index contributed by atoms with van der Waals surface area (Å²) in [5.41, 5.74) is -0.147. The van der Waals surface area contributed by atoms with Crippen molar-refractivity contribution in [1.82, 2.24) is 20.4 Å². The zero-order valence-corrected chi connectivity index (χ0v) is 15.1. The summed E-state index contributed by atoms with van der Waals surface area (Å²) in [6.45, 7) is 6.74. The first-order valence-corrected chi connectivity index (χ1v) is 8.67. The third-order valence-electron chi connectivity index (χ3n) is 4.29. The molecule has 24 heavy (non-hydrogen) atoms. The predicted octanol–water partition coefficient (Wildman–Crippen LogP) is 1.82. The van der Waals surface area contributed by atoms with Gasteiger partial charge in [0.25, 0.3) is 0 Å². The van der Waals surface area contributed by atoms with E-state index >= 15 is 0 Å². The molecular weight excluding hydrogens is 308 g/mol. The number of likely N-dealkylation sites (N-methyl/N-ethyl adjacent to an activating group) is 1. The molecule has 0 spiro atoms. The molecule has 0 radical (unpaired) electrons. The van der Waals surface area contributed by atoms with E-state index in [1.807, 2.05) is 20.8 Å². The van der Waals surface area contributed by atoms with Crippen LogP contribution in [0.3, 0.4) is 0 Å². The Morgan fingerprint density at radius 1 is 1.33 bits per heavy atom. The number of carbonyl (C=O) groups is 2.